The fourth-order valence-electron chi connectivity index (χ4n) is 1.36. The van der Waals surface area contributed by atoms with Gasteiger partial charge in [-0.05, 0) is 11.8 Å². The van der Waals surface area contributed by atoms with Crippen molar-refractivity contribution < 1.29 is 4.89 Å². The van der Waals surface area contributed by atoms with Crippen molar-refractivity contribution in [2.45, 2.75) is 27.7 Å². The first kappa shape index (κ1) is 13.5. The molecule has 0 amide bonds. The average Bonchev–Trinajstić information content (AvgIpc) is 2.07. The zero-order chi connectivity index (χ0) is 10.5. The van der Waals surface area contributed by atoms with Gasteiger partial charge in [-0.25, -0.2) is 9.34 Å². The second-order valence-corrected chi connectivity index (χ2v) is 6.42. The highest BCUT2D eigenvalue weighted by Crippen LogP contribution is 2.48. The quantitative estimate of drug-likeness (QED) is 0.697. The van der Waals surface area contributed by atoms with Gasteiger partial charge in [0.25, 0.3) is 0 Å². The molecule has 0 unspecified atom stereocenters. The van der Waals surface area contributed by atoms with Crippen molar-refractivity contribution in [2.75, 3.05) is 26.2 Å². The SMILES string of the molecule is CCN(CC)P(O)(=S)N(CC)CC. The average molecular weight is 224 g/mol. The number of rotatable bonds is 6. The van der Waals surface area contributed by atoms with Crippen molar-refractivity contribution in [1.82, 2.24) is 9.34 Å². The molecule has 0 fully saturated rings. The van der Waals surface area contributed by atoms with Crippen LogP contribution in [0.3, 0.4) is 0 Å². The molecule has 80 valence electrons. The predicted molar refractivity (Wildman–Crippen MR) is 62.3 cm³/mol. The molecule has 0 atom stereocenters. The lowest BCUT2D eigenvalue weighted by Crippen LogP contribution is -2.31. The summed E-state index contributed by atoms with van der Waals surface area (Å²) in [5, 5.41) is 0. The molecule has 0 spiro atoms. The molecule has 0 bridgehead atoms. The first-order valence-electron chi connectivity index (χ1n) is 4.88. The molecule has 5 heteroatoms. The van der Waals surface area contributed by atoms with Crippen molar-refractivity contribution in [3.63, 3.8) is 0 Å². The minimum Gasteiger partial charge on any atom is -0.343 e. The molecular weight excluding hydrogens is 203 g/mol. The van der Waals surface area contributed by atoms with Gasteiger partial charge in [-0.1, -0.05) is 27.7 Å². The highest BCUT2D eigenvalue weighted by molar-refractivity contribution is 8.09. The van der Waals surface area contributed by atoms with Crippen LogP contribution in [0.15, 0.2) is 0 Å². The van der Waals surface area contributed by atoms with E-state index in [1.807, 2.05) is 37.0 Å². The van der Waals surface area contributed by atoms with Gasteiger partial charge >= 0.3 is 0 Å². The van der Waals surface area contributed by atoms with Crippen molar-refractivity contribution in [3.8, 4) is 0 Å². The molecule has 0 heterocycles. The van der Waals surface area contributed by atoms with Gasteiger partial charge in [0.2, 0.25) is 6.57 Å². The molecule has 0 aliphatic heterocycles. The van der Waals surface area contributed by atoms with Crippen LogP contribution in [-0.4, -0.2) is 40.4 Å². The second-order valence-electron chi connectivity index (χ2n) is 2.79. The summed E-state index contributed by atoms with van der Waals surface area (Å²) in [6, 6.07) is 0. The Hall–Kier alpha value is 0.530. The zero-order valence-corrected chi connectivity index (χ0v) is 10.7. The minimum atomic E-state index is -2.41. The predicted octanol–water partition coefficient (Wildman–Crippen LogP) is 1.89. The Labute approximate surface area is 86.9 Å². The second kappa shape index (κ2) is 6.10. The monoisotopic (exact) mass is 224 g/mol. The van der Waals surface area contributed by atoms with E-state index < -0.39 is 6.57 Å². The first-order chi connectivity index (χ1) is 6.04. The van der Waals surface area contributed by atoms with Crippen LogP contribution in [0.2, 0.25) is 0 Å². The Morgan fingerprint density at radius 2 is 1.15 bits per heavy atom. The largest absolute Gasteiger partial charge is 0.343 e. The zero-order valence-electron chi connectivity index (χ0n) is 9.03. The summed E-state index contributed by atoms with van der Waals surface area (Å²) in [6.07, 6.45) is 0. The van der Waals surface area contributed by atoms with Gasteiger partial charge in [0.15, 0.2) is 0 Å². The standard InChI is InChI=1S/C8H21N2OPS/c1-5-9(6-2)12(11,13)10(7-3)8-4/h5-8H2,1-4H3,(H,11,13). The molecule has 0 saturated heterocycles. The van der Waals surface area contributed by atoms with Crippen molar-refractivity contribution in [2.24, 2.45) is 0 Å². The van der Waals surface area contributed by atoms with Crippen LogP contribution in [0.1, 0.15) is 27.7 Å². The van der Waals surface area contributed by atoms with Crippen LogP contribution < -0.4 is 0 Å². The maximum atomic E-state index is 10.2. The Bertz CT molecular complexity index is 165. The lowest BCUT2D eigenvalue weighted by atomic mass is 10.7. The molecule has 0 aliphatic carbocycles. The molecule has 3 nitrogen and oxygen atoms in total. The number of hydrogen-bond donors (Lipinski definition) is 1. The molecule has 0 radical (unpaired) electrons. The summed E-state index contributed by atoms with van der Waals surface area (Å²) in [5.74, 6) is 0. The van der Waals surface area contributed by atoms with Crippen LogP contribution in [0, 0.1) is 0 Å². The summed E-state index contributed by atoms with van der Waals surface area (Å²) in [6.45, 7) is 9.00. The lowest BCUT2D eigenvalue weighted by molar-refractivity contribution is 0.352. The van der Waals surface area contributed by atoms with E-state index in [-0.39, 0.29) is 0 Å². The van der Waals surface area contributed by atoms with E-state index in [4.69, 9.17) is 11.8 Å². The highest BCUT2D eigenvalue weighted by Gasteiger charge is 2.25. The van der Waals surface area contributed by atoms with Gasteiger partial charge in [0.05, 0.1) is 0 Å². The summed E-state index contributed by atoms with van der Waals surface area (Å²) < 4.78 is 3.96. The van der Waals surface area contributed by atoms with E-state index >= 15 is 0 Å². The van der Waals surface area contributed by atoms with Gasteiger partial charge < -0.3 is 4.89 Å². The van der Waals surface area contributed by atoms with Crippen LogP contribution in [0.25, 0.3) is 0 Å². The maximum absolute atomic E-state index is 10.2. The topological polar surface area (TPSA) is 26.7 Å². The molecule has 0 aromatic rings. The van der Waals surface area contributed by atoms with Crippen molar-refractivity contribution >= 4 is 18.4 Å². The molecule has 0 aromatic carbocycles. The summed E-state index contributed by atoms with van der Waals surface area (Å²) >= 11 is 5.30. The van der Waals surface area contributed by atoms with Crippen LogP contribution in [-0.2, 0) is 11.8 Å². The van der Waals surface area contributed by atoms with Gasteiger partial charge in [-0.3, -0.25) is 0 Å². The normalized spacial score (nSPS) is 12.8. The Balaban J connectivity index is 4.59. The molecule has 0 aliphatic rings. The van der Waals surface area contributed by atoms with Crippen LogP contribution in [0.4, 0.5) is 0 Å². The number of nitrogens with zero attached hydrogens (tertiary/aromatic N) is 2. The Kier molecular flexibility index (Phi) is 6.34. The fraction of sp³-hybridized carbons (Fsp3) is 1.00. The van der Waals surface area contributed by atoms with Crippen LogP contribution >= 0.6 is 6.57 Å². The Morgan fingerprint density at radius 3 is 1.31 bits per heavy atom. The van der Waals surface area contributed by atoms with Crippen molar-refractivity contribution in [3.05, 3.63) is 0 Å². The van der Waals surface area contributed by atoms with E-state index in [1.165, 1.54) is 0 Å². The molecule has 0 aromatic heterocycles. The highest BCUT2D eigenvalue weighted by atomic mass is 32.5. The third-order valence-electron chi connectivity index (χ3n) is 2.20. The molecular formula is C8H21N2OPS. The molecule has 0 saturated carbocycles. The van der Waals surface area contributed by atoms with E-state index in [2.05, 4.69) is 0 Å². The fourth-order valence-corrected chi connectivity index (χ4v) is 4.58. The Morgan fingerprint density at radius 1 is 0.923 bits per heavy atom. The number of hydrogen-bond acceptors (Lipinski definition) is 1. The third-order valence-corrected chi connectivity index (χ3v) is 6.19. The van der Waals surface area contributed by atoms with Gasteiger partial charge in [0.1, 0.15) is 0 Å². The van der Waals surface area contributed by atoms with Gasteiger partial charge in [0, 0.05) is 26.2 Å². The summed E-state index contributed by atoms with van der Waals surface area (Å²) in [4.78, 5) is 10.2. The van der Waals surface area contributed by atoms with Crippen LogP contribution in [0.5, 0.6) is 0 Å². The summed E-state index contributed by atoms with van der Waals surface area (Å²) in [7, 11) is 0. The van der Waals surface area contributed by atoms with Gasteiger partial charge in [-0.15, -0.1) is 0 Å². The third kappa shape index (κ3) is 3.30. The molecule has 13 heavy (non-hydrogen) atoms. The molecule has 0 rings (SSSR count). The van der Waals surface area contributed by atoms with E-state index in [9.17, 15) is 4.89 Å². The maximum Gasteiger partial charge on any atom is 0.200 e. The molecule has 1 N–H and O–H groups in total. The lowest BCUT2D eigenvalue weighted by Gasteiger charge is -2.36. The van der Waals surface area contributed by atoms with E-state index in [0.29, 0.717) is 0 Å². The van der Waals surface area contributed by atoms with E-state index in [0.717, 1.165) is 26.2 Å². The summed E-state index contributed by atoms with van der Waals surface area (Å²) in [5.41, 5.74) is 0. The van der Waals surface area contributed by atoms with Gasteiger partial charge in [-0.2, -0.15) is 0 Å². The smallest absolute Gasteiger partial charge is 0.200 e. The minimum absolute atomic E-state index is 0.820. The van der Waals surface area contributed by atoms with Crippen molar-refractivity contribution in [1.29, 1.82) is 0 Å². The first-order valence-corrected chi connectivity index (χ1v) is 7.54. The van der Waals surface area contributed by atoms with E-state index in [1.54, 1.807) is 0 Å².